The van der Waals surface area contributed by atoms with Gasteiger partial charge >= 0.3 is 19.8 Å². The molecule has 15 nitrogen and oxygen atoms in total. The molecule has 0 saturated heterocycles. The van der Waals surface area contributed by atoms with Crippen molar-refractivity contribution in [3.63, 3.8) is 0 Å². The molecule has 0 fully saturated rings. The maximum atomic E-state index is 14.0. The monoisotopic (exact) mass is 1170 g/mol. The van der Waals surface area contributed by atoms with E-state index in [9.17, 15) is 53.9 Å². The van der Waals surface area contributed by atoms with Crippen molar-refractivity contribution < 1.29 is 68.1 Å². The number of amides is 3. The number of nitrogens with zero attached hydrogens (tertiary/aromatic N) is 6. The molecule has 0 spiro atoms. The molecule has 0 aliphatic carbocycles. The van der Waals surface area contributed by atoms with Crippen molar-refractivity contribution in [2.45, 2.75) is 57.2 Å². The summed E-state index contributed by atoms with van der Waals surface area (Å²) in [7, 11) is 4.40. The fourth-order valence-electron chi connectivity index (χ4n) is 9.13. The van der Waals surface area contributed by atoms with Gasteiger partial charge in [-0.2, -0.15) is 26.3 Å². The van der Waals surface area contributed by atoms with Crippen LogP contribution in [0.15, 0.2) is 142 Å². The Morgan fingerprint density at radius 2 is 0.612 bits per heavy atom. The van der Waals surface area contributed by atoms with Crippen molar-refractivity contribution in [1.29, 1.82) is 0 Å². The van der Waals surface area contributed by atoms with Crippen molar-refractivity contribution in [1.82, 2.24) is 14.7 Å². The van der Waals surface area contributed by atoms with Gasteiger partial charge in [0.25, 0.3) is 17.7 Å². The second kappa shape index (κ2) is 26.3. The first kappa shape index (κ1) is 63.8. The van der Waals surface area contributed by atoms with E-state index in [1.54, 1.807) is 20.8 Å². The van der Waals surface area contributed by atoms with Crippen LogP contribution in [0, 0.1) is 53.0 Å². The third-order valence-electron chi connectivity index (χ3n) is 13.1. The Labute approximate surface area is 483 Å². The van der Waals surface area contributed by atoms with Crippen LogP contribution in [-0.4, -0.2) is 99.7 Å². The zero-order valence-corrected chi connectivity index (χ0v) is 45.7. The SMILES string of the molecule is CC#Cc1cc(C2(c3ccc(OC(F)F)cc3)N=C(N)N(C)C2=O)ccc1F.CC#Cc1cc([C@@]2(c3ccc(OC(F)F)cc3)N=C(N)N(C)C2=O)ccc1F.CC#Cc1cc([C@]2(c3ccc(OC(F)F)cc3)N=C(N)N(C)C2=O)ccc1F.[B]. The van der Waals surface area contributed by atoms with Gasteiger partial charge in [0.1, 0.15) is 34.7 Å². The normalized spacial score (nSPS) is 18.5. The minimum Gasteiger partial charge on any atom is -0.435 e. The molecular formula is C60H48BF9N9O6. The number of nitrogens with two attached hydrogens (primary N) is 3. The lowest BCUT2D eigenvalue weighted by molar-refractivity contribution is -0.130. The Morgan fingerprint density at radius 3 is 0.788 bits per heavy atom. The van der Waals surface area contributed by atoms with E-state index in [2.05, 4.69) is 64.7 Å². The van der Waals surface area contributed by atoms with Gasteiger partial charge in [-0.25, -0.2) is 28.1 Å². The number of aliphatic imine (C=N–C) groups is 3. The smallest absolute Gasteiger partial charge is 0.387 e. The molecule has 1 unspecified atom stereocenters. The molecule has 435 valence electrons. The molecule has 6 aromatic rings. The third-order valence-corrected chi connectivity index (χ3v) is 13.1. The summed E-state index contributed by atoms with van der Waals surface area (Å²) in [5, 5.41) is 0. The maximum Gasteiger partial charge on any atom is 0.387 e. The summed E-state index contributed by atoms with van der Waals surface area (Å²) in [6.07, 6.45) is 0. The van der Waals surface area contributed by atoms with E-state index in [4.69, 9.17) is 17.2 Å². The molecule has 3 aliphatic heterocycles. The van der Waals surface area contributed by atoms with Gasteiger partial charge in [0.2, 0.25) is 0 Å². The summed E-state index contributed by atoms with van der Waals surface area (Å²) < 4.78 is 130. The van der Waals surface area contributed by atoms with Crippen molar-refractivity contribution in [2.24, 2.45) is 32.2 Å². The van der Waals surface area contributed by atoms with Gasteiger partial charge in [0.15, 0.2) is 34.5 Å². The van der Waals surface area contributed by atoms with Crippen LogP contribution in [0.4, 0.5) is 39.5 Å². The van der Waals surface area contributed by atoms with Gasteiger partial charge in [-0.3, -0.25) is 29.1 Å². The zero-order chi connectivity index (χ0) is 61.4. The first-order valence-corrected chi connectivity index (χ1v) is 24.6. The van der Waals surface area contributed by atoms with Crippen LogP contribution >= 0.6 is 0 Å². The van der Waals surface area contributed by atoms with E-state index < -0.39 is 71.6 Å². The number of halogens is 9. The number of benzene rings is 6. The highest BCUT2D eigenvalue weighted by Crippen LogP contribution is 2.43. The lowest BCUT2D eigenvalue weighted by Gasteiger charge is -2.26. The highest BCUT2D eigenvalue weighted by molar-refractivity contribution is 6.10. The van der Waals surface area contributed by atoms with E-state index in [1.165, 1.54) is 163 Å². The topological polar surface area (TPSA) is 204 Å². The first-order valence-electron chi connectivity index (χ1n) is 24.6. The van der Waals surface area contributed by atoms with Crippen LogP contribution in [0.1, 0.15) is 70.8 Å². The van der Waals surface area contributed by atoms with Crippen molar-refractivity contribution in [3.8, 4) is 52.8 Å². The van der Waals surface area contributed by atoms with Gasteiger partial charge in [0.05, 0.1) is 16.7 Å². The number of carbonyl (C=O) groups excluding carboxylic acids is 3. The number of carbonyl (C=O) groups is 3. The molecule has 0 saturated carbocycles. The fourth-order valence-corrected chi connectivity index (χ4v) is 9.13. The third kappa shape index (κ3) is 12.7. The molecule has 3 radical (unpaired) electrons. The van der Waals surface area contributed by atoms with Crippen LogP contribution in [-0.2, 0) is 31.0 Å². The molecule has 3 heterocycles. The standard InChI is InChI=1S/3C20H16F3N3O2.B/c3*1-3-4-12-11-14(7-10-16(12)21)20(17(27)26(2)19(24)25-20)13-5-8-15(9-6-13)28-18(22)23;/h3*5-11,18H,1-2H3,(H2,24,25);/t2*20-;;/m10../s1. The fraction of sp³-hybridized carbons (Fsp3) is 0.200. The zero-order valence-electron chi connectivity index (χ0n) is 45.7. The Bertz CT molecular complexity index is 3430. The molecule has 85 heavy (non-hydrogen) atoms. The Morgan fingerprint density at radius 1 is 0.400 bits per heavy atom. The number of hydrogen-bond donors (Lipinski definition) is 3. The van der Waals surface area contributed by atoms with E-state index >= 15 is 0 Å². The lowest BCUT2D eigenvalue weighted by Crippen LogP contribution is -2.41. The number of alkyl halides is 6. The average molecular weight is 1170 g/mol. The van der Waals surface area contributed by atoms with Crippen LogP contribution in [0.25, 0.3) is 0 Å². The van der Waals surface area contributed by atoms with Gasteiger partial charge in [0, 0.05) is 29.6 Å². The van der Waals surface area contributed by atoms with Crippen molar-refractivity contribution in [2.75, 3.05) is 21.1 Å². The quantitative estimate of drug-likeness (QED) is 0.0615. The second-order valence-electron chi connectivity index (χ2n) is 18.1. The Hall–Kier alpha value is -10.3. The number of likely N-dealkylation sites (N-methyl/N-ethyl adjacent to an activating group) is 3. The van der Waals surface area contributed by atoms with E-state index in [1.807, 2.05) is 0 Å². The highest BCUT2D eigenvalue weighted by atomic mass is 19.3. The molecule has 6 aromatic carbocycles. The van der Waals surface area contributed by atoms with Gasteiger partial charge in [-0.1, -0.05) is 72.4 Å². The maximum absolute atomic E-state index is 14.0. The predicted octanol–water partition coefficient (Wildman–Crippen LogP) is 8.11. The number of guanidine groups is 3. The van der Waals surface area contributed by atoms with Crippen molar-refractivity contribution in [3.05, 3.63) is 195 Å². The number of hydrogen-bond acceptors (Lipinski definition) is 12. The Balaban J connectivity index is 0.000000203. The lowest BCUT2D eigenvalue weighted by atomic mass is 9.82. The van der Waals surface area contributed by atoms with Crippen molar-refractivity contribution >= 4 is 44.0 Å². The molecular weight excluding hydrogens is 1120 g/mol. The molecule has 9 rings (SSSR count). The molecule has 3 amide bonds. The summed E-state index contributed by atoms with van der Waals surface area (Å²) in [6.45, 7) is -4.23. The predicted molar refractivity (Wildman–Crippen MR) is 297 cm³/mol. The first-order chi connectivity index (χ1) is 39.9. The number of ether oxygens (including phenoxy) is 3. The molecule has 6 N–H and O–H groups in total. The molecule has 3 atom stereocenters. The van der Waals surface area contributed by atoms with Gasteiger partial charge in [-0.05, 0) is 127 Å². The second-order valence-corrected chi connectivity index (χ2v) is 18.1. The largest absolute Gasteiger partial charge is 0.435 e. The molecule has 3 aliphatic rings. The van der Waals surface area contributed by atoms with Crippen LogP contribution in [0.3, 0.4) is 0 Å². The van der Waals surface area contributed by atoms with Crippen LogP contribution in [0.2, 0.25) is 0 Å². The van der Waals surface area contributed by atoms with Crippen LogP contribution < -0.4 is 31.4 Å². The number of rotatable bonds is 12. The van der Waals surface area contributed by atoms with E-state index in [0.29, 0.717) is 33.4 Å². The van der Waals surface area contributed by atoms with Gasteiger partial charge in [-0.15, -0.1) is 17.8 Å². The van der Waals surface area contributed by atoms with E-state index in [0.717, 1.165) is 0 Å². The summed E-state index contributed by atoms with van der Waals surface area (Å²) in [5.41, 5.74) is 15.3. The molecule has 25 heteroatoms. The average Bonchev–Trinajstić information content (AvgIpc) is 1.79. The minimum absolute atomic E-state index is 0. The minimum atomic E-state index is -2.97. The highest BCUT2D eigenvalue weighted by Gasteiger charge is 2.52. The molecule has 0 aromatic heterocycles. The summed E-state index contributed by atoms with van der Waals surface area (Å²) in [6, 6.07) is 28.6. The summed E-state index contributed by atoms with van der Waals surface area (Å²) >= 11 is 0. The molecule has 0 bridgehead atoms. The summed E-state index contributed by atoms with van der Waals surface area (Å²) in [5.74, 6) is 12.5. The summed E-state index contributed by atoms with van der Waals surface area (Å²) in [4.78, 5) is 55.9. The van der Waals surface area contributed by atoms with Crippen LogP contribution in [0.5, 0.6) is 17.2 Å². The Kier molecular flexibility index (Phi) is 19.7. The van der Waals surface area contributed by atoms with E-state index in [-0.39, 0.29) is 60.2 Å². The van der Waals surface area contributed by atoms with Gasteiger partial charge < -0.3 is 31.4 Å².